The van der Waals surface area contributed by atoms with Crippen LogP contribution in [-0.2, 0) is 16.1 Å². The van der Waals surface area contributed by atoms with E-state index in [1.807, 2.05) is 29.2 Å². The van der Waals surface area contributed by atoms with Gasteiger partial charge in [0.05, 0.1) is 6.61 Å². The SMILES string of the molecule is COCc1ccccc1C(=O)N1CCC(CC(=O)O)CC1. The van der Waals surface area contributed by atoms with Gasteiger partial charge in [0.25, 0.3) is 5.91 Å². The summed E-state index contributed by atoms with van der Waals surface area (Å²) in [4.78, 5) is 25.1. The number of hydrogen-bond donors (Lipinski definition) is 1. The second-order valence-electron chi connectivity index (χ2n) is 5.42. The highest BCUT2D eigenvalue weighted by molar-refractivity contribution is 5.95. The van der Waals surface area contributed by atoms with E-state index >= 15 is 0 Å². The zero-order valence-electron chi connectivity index (χ0n) is 12.2. The van der Waals surface area contributed by atoms with Crippen LogP contribution in [0.4, 0.5) is 0 Å². The normalized spacial score (nSPS) is 16.0. The molecule has 1 aromatic rings. The minimum Gasteiger partial charge on any atom is -0.481 e. The Hall–Kier alpha value is -1.88. The summed E-state index contributed by atoms with van der Waals surface area (Å²) in [5.74, 6) is -0.567. The Morgan fingerprint density at radius 1 is 1.29 bits per heavy atom. The van der Waals surface area contributed by atoms with Crippen LogP contribution in [0.1, 0.15) is 35.2 Å². The first-order chi connectivity index (χ1) is 10.1. The van der Waals surface area contributed by atoms with Crippen molar-refractivity contribution in [1.29, 1.82) is 0 Å². The van der Waals surface area contributed by atoms with Crippen molar-refractivity contribution >= 4 is 11.9 Å². The molecule has 0 bridgehead atoms. The smallest absolute Gasteiger partial charge is 0.303 e. The van der Waals surface area contributed by atoms with Gasteiger partial charge in [0, 0.05) is 32.2 Å². The number of carbonyl (C=O) groups excluding carboxylic acids is 1. The van der Waals surface area contributed by atoms with E-state index in [1.165, 1.54) is 0 Å². The van der Waals surface area contributed by atoms with Gasteiger partial charge in [-0.1, -0.05) is 18.2 Å². The van der Waals surface area contributed by atoms with Crippen LogP contribution in [0, 0.1) is 5.92 Å². The molecule has 0 atom stereocenters. The third kappa shape index (κ3) is 4.04. The van der Waals surface area contributed by atoms with E-state index in [9.17, 15) is 9.59 Å². The standard InChI is InChI=1S/C16H21NO4/c1-21-11-13-4-2-3-5-14(13)16(20)17-8-6-12(7-9-17)10-15(18)19/h2-5,12H,6-11H2,1H3,(H,18,19). The maximum atomic E-state index is 12.6. The summed E-state index contributed by atoms with van der Waals surface area (Å²) < 4.78 is 5.13. The predicted octanol–water partition coefficient (Wildman–Crippen LogP) is 2.16. The lowest BCUT2D eigenvalue weighted by atomic mass is 9.93. The highest BCUT2D eigenvalue weighted by Crippen LogP contribution is 2.22. The van der Waals surface area contributed by atoms with E-state index in [1.54, 1.807) is 7.11 Å². The van der Waals surface area contributed by atoms with E-state index < -0.39 is 5.97 Å². The van der Waals surface area contributed by atoms with Crippen molar-refractivity contribution in [3.8, 4) is 0 Å². The number of rotatable bonds is 5. The van der Waals surface area contributed by atoms with Gasteiger partial charge in [-0.2, -0.15) is 0 Å². The van der Waals surface area contributed by atoms with E-state index in [0.29, 0.717) is 25.3 Å². The first-order valence-electron chi connectivity index (χ1n) is 7.19. The topological polar surface area (TPSA) is 66.8 Å². The van der Waals surface area contributed by atoms with Crippen LogP contribution in [-0.4, -0.2) is 42.1 Å². The predicted molar refractivity (Wildman–Crippen MR) is 78.0 cm³/mol. The molecule has 2 rings (SSSR count). The van der Waals surface area contributed by atoms with Crippen LogP contribution in [0.2, 0.25) is 0 Å². The molecule has 5 heteroatoms. The molecule has 0 aliphatic carbocycles. The van der Waals surface area contributed by atoms with Crippen LogP contribution in [0.15, 0.2) is 24.3 Å². The highest BCUT2D eigenvalue weighted by Gasteiger charge is 2.25. The van der Waals surface area contributed by atoms with Crippen molar-refractivity contribution in [2.45, 2.75) is 25.9 Å². The summed E-state index contributed by atoms with van der Waals surface area (Å²) >= 11 is 0. The quantitative estimate of drug-likeness (QED) is 0.902. The Balaban J connectivity index is 2.00. The van der Waals surface area contributed by atoms with Gasteiger partial charge in [-0.3, -0.25) is 9.59 Å². The molecule has 1 heterocycles. The Labute approximate surface area is 124 Å². The fourth-order valence-corrected chi connectivity index (χ4v) is 2.77. The van der Waals surface area contributed by atoms with Gasteiger partial charge in [-0.25, -0.2) is 0 Å². The number of carboxylic acid groups (broad SMARTS) is 1. The number of hydrogen-bond acceptors (Lipinski definition) is 3. The maximum Gasteiger partial charge on any atom is 0.303 e. The van der Waals surface area contributed by atoms with Crippen LogP contribution in [0.3, 0.4) is 0 Å². The third-order valence-electron chi connectivity index (χ3n) is 3.91. The third-order valence-corrected chi connectivity index (χ3v) is 3.91. The van der Waals surface area contributed by atoms with Gasteiger partial charge in [-0.05, 0) is 30.4 Å². The fraction of sp³-hybridized carbons (Fsp3) is 0.500. The molecule has 0 saturated carbocycles. The van der Waals surface area contributed by atoms with Crippen LogP contribution >= 0.6 is 0 Å². The van der Waals surface area contributed by atoms with Crippen molar-refractivity contribution in [2.24, 2.45) is 5.92 Å². The molecular weight excluding hydrogens is 270 g/mol. The van der Waals surface area contributed by atoms with Crippen molar-refractivity contribution in [3.05, 3.63) is 35.4 Å². The molecule has 114 valence electrons. The number of benzene rings is 1. The molecule has 1 aliphatic heterocycles. The summed E-state index contributed by atoms with van der Waals surface area (Å²) in [5, 5.41) is 8.82. The molecule has 1 aliphatic rings. The molecule has 1 amide bonds. The molecule has 1 aromatic carbocycles. The second-order valence-corrected chi connectivity index (χ2v) is 5.42. The zero-order valence-corrected chi connectivity index (χ0v) is 12.2. The molecule has 0 aromatic heterocycles. The number of likely N-dealkylation sites (tertiary alicyclic amines) is 1. The summed E-state index contributed by atoms with van der Waals surface area (Å²) in [6.45, 7) is 1.66. The number of methoxy groups -OCH3 is 1. The number of amides is 1. The average Bonchev–Trinajstić information content (AvgIpc) is 2.48. The molecule has 0 unspecified atom stereocenters. The highest BCUT2D eigenvalue weighted by atomic mass is 16.5. The fourth-order valence-electron chi connectivity index (χ4n) is 2.77. The molecule has 0 spiro atoms. The largest absolute Gasteiger partial charge is 0.481 e. The van der Waals surface area contributed by atoms with E-state index in [2.05, 4.69) is 0 Å². The van der Waals surface area contributed by atoms with Crippen molar-refractivity contribution < 1.29 is 19.4 Å². The van der Waals surface area contributed by atoms with E-state index in [-0.39, 0.29) is 18.2 Å². The molecular formula is C16H21NO4. The van der Waals surface area contributed by atoms with Crippen LogP contribution < -0.4 is 0 Å². The lowest BCUT2D eigenvalue weighted by Crippen LogP contribution is -2.39. The van der Waals surface area contributed by atoms with Crippen molar-refractivity contribution in [3.63, 3.8) is 0 Å². The average molecular weight is 291 g/mol. The Kier molecular flexibility index (Phi) is 5.33. The minimum absolute atomic E-state index is 0.0106. The first-order valence-corrected chi connectivity index (χ1v) is 7.19. The summed E-state index contributed by atoms with van der Waals surface area (Å²) in [6.07, 6.45) is 1.71. The Morgan fingerprint density at radius 3 is 2.57 bits per heavy atom. The molecule has 21 heavy (non-hydrogen) atoms. The minimum atomic E-state index is -0.759. The van der Waals surface area contributed by atoms with Gasteiger partial charge in [0.2, 0.25) is 0 Å². The first kappa shape index (κ1) is 15.5. The number of carbonyl (C=O) groups is 2. The number of nitrogens with zero attached hydrogens (tertiary/aromatic N) is 1. The monoisotopic (exact) mass is 291 g/mol. The van der Waals surface area contributed by atoms with Gasteiger partial charge in [0.15, 0.2) is 0 Å². The van der Waals surface area contributed by atoms with Gasteiger partial charge in [-0.15, -0.1) is 0 Å². The molecule has 5 nitrogen and oxygen atoms in total. The number of ether oxygens (including phenoxy) is 1. The summed E-state index contributed by atoms with van der Waals surface area (Å²) in [5.41, 5.74) is 1.56. The van der Waals surface area contributed by atoms with Crippen LogP contribution in [0.5, 0.6) is 0 Å². The number of carboxylic acids is 1. The van der Waals surface area contributed by atoms with Crippen LogP contribution in [0.25, 0.3) is 0 Å². The summed E-state index contributed by atoms with van der Waals surface area (Å²) in [7, 11) is 1.61. The molecule has 0 radical (unpaired) electrons. The molecule has 1 saturated heterocycles. The lowest BCUT2D eigenvalue weighted by molar-refractivity contribution is -0.138. The van der Waals surface area contributed by atoms with Crippen molar-refractivity contribution in [1.82, 2.24) is 4.90 Å². The second kappa shape index (κ2) is 7.22. The van der Waals surface area contributed by atoms with E-state index in [0.717, 1.165) is 18.4 Å². The van der Waals surface area contributed by atoms with Gasteiger partial charge < -0.3 is 14.7 Å². The van der Waals surface area contributed by atoms with Gasteiger partial charge in [0.1, 0.15) is 0 Å². The number of piperidine rings is 1. The lowest BCUT2D eigenvalue weighted by Gasteiger charge is -2.31. The van der Waals surface area contributed by atoms with Crippen molar-refractivity contribution in [2.75, 3.05) is 20.2 Å². The van der Waals surface area contributed by atoms with E-state index in [4.69, 9.17) is 9.84 Å². The Morgan fingerprint density at radius 2 is 1.95 bits per heavy atom. The zero-order chi connectivity index (χ0) is 15.2. The number of aliphatic carboxylic acids is 1. The Bertz CT molecular complexity index is 507. The van der Waals surface area contributed by atoms with Gasteiger partial charge >= 0.3 is 5.97 Å². The molecule has 1 N–H and O–H groups in total. The summed E-state index contributed by atoms with van der Waals surface area (Å²) in [6, 6.07) is 7.46. The molecule has 1 fully saturated rings. The maximum absolute atomic E-state index is 12.6.